The molecule has 0 saturated heterocycles. The fourth-order valence-electron chi connectivity index (χ4n) is 4.09. The first kappa shape index (κ1) is 30.1. The summed E-state index contributed by atoms with van der Waals surface area (Å²) in [5.41, 5.74) is -8.14. The van der Waals surface area contributed by atoms with Crippen molar-refractivity contribution in [3.05, 3.63) is 83.9 Å². The molecule has 2 aromatic carbocycles. The Morgan fingerprint density at radius 1 is 0.795 bits per heavy atom. The Morgan fingerprint density at radius 2 is 1.26 bits per heavy atom. The maximum absolute atomic E-state index is 14.2. The van der Waals surface area contributed by atoms with Gasteiger partial charge in [-0.3, -0.25) is 0 Å². The molecule has 1 aliphatic rings. The molecule has 0 aliphatic carbocycles. The third kappa shape index (κ3) is 5.65. The number of carbonyl (C=O) groups is 2. The van der Waals surface area contributed by atoms with Crippen LogP contribution in [-0.2, 0) is 44.5 Å². The number of hydrogen-bond acceptors (Lipinski definition) is 7. The van der Waals surface area contributed by atoms with Crippen molar-refractivity contribution in [2.75, 3.05) is 27.4 Å². The maximum atomic E-state index is 14.2. The zero-order valence-electron chi connectivity index (χ0n) is 20.6. The molecule has 13 heteroatoms. The monoisotopic (exact) mass is 562 g/mol. The van der Waals surface area contributed by atoms with Gasteiger partial charge in [-0.2, -0.15) is 26.3 Å². The van der Waals surface area contributed by atoms with Gasteiger partial charge in [0.2, 0.25) is 0 Å². The van der Waals surface area contributed by atoms with Crippen LogP contribution in [0.3, 0.4) is 0 Å². The Kier molecular flexibility index (Phi) is 9.08. The van der Waals surface area contributed by atoms with Gasteiger partial charge in [0.1, 0.15) is 18.8 Å². The van der Waals surface area contributed by atoms with Crippen LogP contribution in [0.15, 0.2) is 72.8 Å². The normalized spacial score (nSPS) is 20.9. The summed E-state index contributed by atoms with van der Waals surface area (Å²) >= 11 is 0. The molecule has 1 aliphatic heterocycles. The Bertz CT molecular complexity index is 1150. The van der Waals surface area contributed by atoms with E-state index in [-0.39, 0.29) is 6.61 Å². The van der Waals surface area contributed by atoms with Gasteiger partial charge in [0.15, 0.2) is 0 Å². The topological polar surface area (TPSA) is 80.3 Å². The molecule has 0 saturated carbocycles. The number of rotatable bonds is 9. The van der Waals surface area contributed by atoms with E-state index in [2.05, 4.69) is 9.47 Å². The highest BCUT2D eigenvalue weighted by Gasteiger charge is 2.65. The summed E-state index contributed by atoms with van der Waals surface area (Å²) < 4.78 is 110. The fraction of sp³-hybridized carbons (Fsp3) is 0.385. The molecule has 0 amide bonds. The molecule has 39 heavy (non-hydrogen) atoms. The molecular weight excluding hydrogens is 538 g/mol. The van der Waals surface area contributed by atoms with Crippen molar-refractivity contribution < 1.29 is 59.6 Å². The summed E-state index contributed by atoms with van der Waals surface area (Å²) in [4.78, 5) is 25.8. The first-order chi connectivity index (χ1) is 18.3. The number of benzene rings is 2. The van der Waals surface area contributed by atoms with Crippen molar-refractivity contribution in [2.45, 2.75) is 35.8 Å². The molecule has 0 bridgehead atoms. The Hall–Kier alpha value is -3.42. The summed E-state index contributed by atoms with van der Waals surface area (Å²) in [5.74, 6) is -3.70. The minimum Gasteiger partial charge on any atom is -0.460 e. The SMILES string of the molecule is CO[C@](C(=O)OC[C@@H]1OCC=C[C@@H]1OC(=O)[C@@](OC)(c1ccccc1)C(F)(F)F)(c1ccccc1)C(F)(F)F. The first-order valence-electron chi connectivity index (χ1n) is 11.4. The van der Waals surface area contributed by atoms with Gasteiger partial charge in [-0.15, -0.1) is 0 Å². The number of hydrogen-bond donors (Lipinski definition) is 0. The van der Waals surface area contributed by atoms with Gasteiger partial charge in [0.25, 0.3) is 11.2 Å². The summed E-state index contributed by atoms with van der Waals surface area (Å²) in [5, 5.41) is 0. The molecule has 1 heterocycles. The van der Waals surface area contributed by atoms with Crippen molar-refractivity contribution in [2.24, 2.45) is 0 Å². The second kappa shape index (κ2) is 11.8. The van der Waals surface area contributed by atoms with E-state index in [1.165, 1.54) is 48.6 Å². The Labute approximate surface area is 219 Å². The molecule has 2 aromatic rings. The molecule has 7 nitrogen and oxygen atoms in total. The average Bonchev–Trinajstić information content (AvgIpc) is 2.89. The molecule has 0 aromatic heterocycles. The molecule has 0 radical (unpaired) electrons. The predicted molar refractivity (Wildman–Crippen MR) is 122 cm³/mol. The van der Waals surface area contributed by atoms with Crippen molar-refractivity contribution in [3.8, 4) is 0 Å². The van der Waals surface area contributed by atoms with Crippen LogP contribution in [0.1, 0.15) is 11.1 Å². The highest BCUT2D eigenvalue weighted by atomic mass is 19.4. The van der Waals surface area contributed by atoms with Gasteiger partial charge in [0, 0.05) is 25.3 Å². The first-order valence-corrected chi connectivity index (χ1v) is 11.4. The number of ether oxygens (including phenoxy) is 5. The lowest BCUT2D eigenvalue weighted by Gasteiger charge is -2.36. The highest BCUT2D eigenvalue weighted by Crippen LogP contribution is 2.44. The Morgan fingerprint density at radius 3 is 1.69 bits per heavy atom. The van der Waals surface area contributed by atoms with Gasteiger partial charge in [-0.25, -0.2) is 9.59 Å². The fourth-order valence-corrected chi connectivity index (χ4v) is 4.09. The number of carbonyl (C=O) groups excluding carboxylic acids is 2. The van der Waals surface area contributed by atoms with Crippen molar-refractivity contribution in [3.63, 3.8) is 0 Å². The minimum atomic E-state index is -5.26. The summed E-state index contributed by atoms with van der Waals surface area (Å²) in [6, 6.07) is 12.0. The van der Waals surface area contributed by atoms with Crippen LogP contribution < -0.4 is 0 Å². The predicted octanol–water partition coefficient (Wildman–Crippen LogP) is 4.60. The van der Waals surface area contributed by atoms with E-state index < -0.39 is 65.4 Å². The number of halogens is 6. The van der Waals surface area contributed by atoms with Crippen LogP contribution >= 0.6 is 0 Å². The van der Waals surface area contributed by atoms with Crippen LogP contribution in [0.2, 0.25) is 0 Å². The van der Waals surface area contributed by atoms with Crippen molar-refractivity contribution in [1.82, 2.24) is 0 Å². The van der Waals surface area contributed by atoms with E-state index in [1.807, 2.05) is 0 Å². The van der Waals surface area contributed by atoms with E-state index >= 15 is 0 Å². The van der Waals surface area contributed by atoms with E-state index in [1.54, 1.807) is 0 Å². The smallest absolute Gasteiger partial charge is 0.432 e. The highest BCUT2D eigenvalue weighted by molar-refractivity contribution is 5.83. The molecule has 4 atom stereocenters. The van der Waals surface area contributed by atoms with Crippen molar-refractivity contribution in [1.29, 1.82) is 0 Å². The summed E-state index contributed by atoms with van der Waals surface area (Å²) in [6.07, 6.45) is -11.0. The van der Waals surface area contributed by atoms with Gasteiger partial charge in [-0.05, 0) is 6.08 Å². The lowest BCUT2D eigenvalue weighted by molar-refractivity contribution is -0.280. The Balaban J connectivity index is 1.85. The van der Waals surface area contributed by atoms with Gasteiger partial charge in [0.05, 0.1) is 6.61 Å². The third-order valence-corrected chi connectivity index (χ3v) is 6.07. The van der Waals surface area contributed by atoms with E-state index in [4.69, 9.17) is 14.2 Å². The average molecular weight is 562 g/mol. The van der Waals surface area contributed by atoms with Gasteiger partial charge < -0.3 is 23.7 Å². The molecule has 212 valence electrons. The zero-order valence-corrected chi connectivity index (χ0v) is 20.6. The lowest BCUT2D eigenvalue weighted by atomic mass is 9.92. The number of methoxy groups -OCH3 is 2. The summed E-state index contributed by atoms with van der Waals surface area (Å²) in [7, 11) is 1.36. The maximum Gasteiger partial charge on any atom is 0.432 e. The van der Waals surface area contributed by atoms with Crippen LogP contribution in [0.25, 0.3) is 0 Å². The van der Waals surface area contributed by atoms with Gasteiger partial charge >= 0.3 is 24.3 Å². The second-order valence-corrected chi connectivity index (χ2v) is 8.27. The zero-order chi connectivity index (χ0) is 28.9. The molecule has 3 rings (SSSR count). The molecule has 0 N–H and O–H groups in total. The standard InChI is InChI=1S/C26H24F6O7/c1-35-23(25(27,28)29,17-10-5-3-6-11-17)21(33)38-16-20-19(14-9-15-37-20)39-22(34)24(36-2,26(30,31)32)18-12-7-4-8-13-18/h3-14,19-20H,15-16H2,1-2H3/t19-,20-,23-,24-/m0/s1. The van der Waals surface area contributed by atoms with Crippen LogP contribution in [0, 0.1) is 0 Å². The third-order valence-electron chi connectivity index (χ3n) is 6.07. The molecule has 0 spiro atoms. The van der Waals surface area contributed by atoms with Gasteiger partial charge in [-0.1, -0.05) is 66.7 Å². The van der Waals surface area contributed by atoms with E-state index in [0.29, 0.717) is 14.2 Å². The lowest BCUT2D eigenvalue weighted by Crippen LogP contribution is -2.54. The van der Waals surface area contributed by atoms with E-state index in [0.717, 1.165) is 24.3 Å². The molecule has 0 unspecified atom stereocenters. The van der Waals surface area contributed by atoms with Crippen molar-refractivity contribution >= 4 is 11.9 Å². The van der Waals surface area contributed by atoms with Crippen LogP contribution in [-0.4, -0.2) is 63.9 Å². The summed E-state index contributed by atoms with van der Waals surface area (Å²) in [6.45, 7) is -1.05. The second-order valence-electron chi connectivity index (χ2n) is 8.27. The van der Waals surface area contributed by atoms with Crippen LogP contribution in [0.4, 0.5) is 26.3 Å². The van der Waals surface area contributed by atoms with E-state index in [9.17, 15) is 35.9 Å². The quantitative estimate of drug-likeness (QED) is 0.251. The van der Waals surface area contributed by atoms with Crippen LogP contribution in [0.5, 0.6) is 0 Å². The molecule has 0 fully saturated rings. The number of esters is 2. The number of alkyl halides is 6. The largest absolute Gasteiger partial charge is 0.460 e. The minimum absolute atomic E-state index is 0.142. The molecular formula is C26H24F6O7.